The summed E-state index contributed by atoms with van der Waals surface area (Å²) in [6.45, 7) is 1.83. The number of hydrogen-bond donors (Lipinski definition) is 0. The highest BCUT2D eigenvalue weighted by atomic mass is 19.1. The third-order valence-electron chi connectivity index (χ3n) is 2.71. The largest absolute Gasteiger partial charge is 0.342 e. The molecule has 0 spiro atoms. The number of carbonyl (C=O) groups excluding carboxylic acids is 1. The van der Waals surface area contributed by atoms with Crippen LogP contribution in [0.1, 0.15) is 18.9 Å². The summed E-state index contributed by atoms with van der Waals surface area (Å²) in [6, 6.07) is 7.78. The van der Waals surface area contributed by atoms with Crippen LogP contribution < -0.4 is 0 Å². The van der Waals surface area contributed by atoms with Gasteiger partial charge in [-0.2, -0.15) is 5.26 Å². The predicted molar refractivity (Wildman–Crippen MR) is 62.6 cm³/mol. The molecular formula is C13H15FN2O. The number of likely N-dealkylation sites (N-methyl/N-ethyl adjacent to an activating group) is 1. The summed E-state index contributed by atoms with van der Waals surface area (Å²) >= 11 is 0. The number of amides is 1. The molecule has 1 atom stereocenters. The van der Waals surface area contributed by atoms with Crippen LogP contribution in [0.4, 0.5) is 4.39 Å². The van der Waals surface area contributed by atoms with Crippen molar-refractivity contribution in [2.45, 2.75) is 25.8 Å². The van der Waals surface area contributed by atoms with Crippen molar-refractivity contribution in [2.75, 3.05) is 7.05 Å². The quantitative estimate of drug-likeness (QED) is 0.801. The highest BCUT2D eigenvalue weighted by Gasteiger charge is 2.15. The van der Waals surface area contributed by atoms with E-state index in [1.54, 1.807) is 24.1 Å². The summed E-state index contributed by atoms with van der Waals surface area (Å²) in [4.78, 5) is 13.4. The topological polar surface area (TPSA) is 44.1 Å². The van der Waals surface area contributed by atoms with Crippen LogP contribution in [0.3, 0.4) is 0 Å². The van der Waals surface area contributed by atoms with Gasteiger partial charge in [-0.1, -0.05) is 12.1 Å². The monoisotopic (exact) mass is 234 g/mol. The molecule has 0 aliphatic heterocycles. The van der Waals surface area contributed by atoms with E-state index in [9.17, 15) is 9.18 Å². The molecule has 0 bridgehead atoms. The molecule has 1 rings (SSSR count). The fraction of sp³-hybridized carbons (Fsp3) is 0.385. The van der Waals surface area contributed by atoms with Gasteiger partial charge in [-0.15, -0.1) is 0 Å². The molecule has 1 aromatic carbocycles. The first kappa shape index (κ1) is 13.2. The smallest absolute Gasteiger partial charge is 0.227 e. The van der Waals surface area contributed by atoms with Crippen LogP contribution in [0.25, 0.3) is 0 Å². The molecule has 0 saturated heterocycles. The van der Waals surface area contributed by atoms with Crippen LogP contribution in [-0.4, -0.2) is 23.9 Å². The Balaban J connectivity index is 2.60. The second-order valence-corrected chi connectivity index (χ2v) is 4.02. The Bertz CT molecular complexity index is 422. The minimum Gasteiger partial charge on any atom is -0.342 e. The SMILES string of the molecule is CC(CC#N)N(C)C(=O)Cc1ccc(F)cc1. The third-order valence-corrected chi connectivity index (χ3v) is 2.71. The fourth-order valence-electron chi connectivity index (χ4n) is 1.42. The molecule has 0 N–H and O–H groups in total. The molecule has 0 fully saturated rings. The molecule has 4 heteroatoms. The fourth-order valence-corrected chi connectivity index (χ4v) is 1.42. The van der Waals surface area contributed by atoms with E-state index in [4.69, 9.17) is 5.26 Å². The maximum atomic E-state index is 12.7. The van der Waals surface area contributed by atoms with Gasteiger partial charge in [0.25, 0.3) is 0 Å². The van der Waals surface area contributed by atoms with E-state index in [0.29, 0.717) is 6.42 Å². The minimum absolute atomic E-state index is 0.0700. The van der Waals surface area contributed by atoms with Gasteiger partial charge in [0, 0.05) is 13.1 Å². The molecular weight excluding hydrogens is 219 g/mol. The number of carbonyl (C=O) groups is 1. The van der Waals surface area contributed by atoms with Gasteiger partial charge in [-0.25, -0.2) is 4.39 Å². The molecule has 90 valence electrons. The first-order valence-corrected chi connectivity index (χ1v) is 5.41. The molecule has 1 amide bonds. The van der Waals surface area contributed by atoms with Crippen LogP contribution in [0.15, 0.2) is 24.3 Å². The number of nitrogens with zero attached hydrogens (tertiary/aromatic N) is 2. The van der Waals surface area contributed by atoms with Gasteiger partial charge >= 0.3 is 0 Å². The van der Waals surface area contributed by atoms with E-state index in [1.807, 2.05) is 13.0 Å². The van der Waals surface area contributed by atoms with Crippen LogP contribution in [0.5, 0.6) is 0 Å². The summed E-state index contributed by atoms with van der Waals surface area (Å²) in [5, 5.41) is 8.56. The van der Waals surface area contributed by atoms with Crippen molar-refractivity contribution in [3.63, 3.8) is 0 Å². The van der Waals surface area contributed by atoms with E-state index in [-0.39, 0.29) is 24.2 Å². The zero-order valence-electron chi connectivity index (χ0n) is 9.98. The van der Waals surface area contributed by atoms with Gasteiger partial charge in [-0.3, -0.25) is 4.79 Å². The zero-order valence-corrected chi connectivity index (χ0v) is 9.98. The summed E-state index contributed by atoms with van der Waals surface area (Å²) in [7, 11) is 1.67. The van der Waals surface area contributed by atoms with Crippen molar-refractivity contribution >= 4 is 5.91 Å². The van der Waals surface area contributed by atoms with Gasteiger partial charge in [0.05, 0.1) is 18.9 Å². The van der Waals surface area contributed by atoms with Crippen molar-refractivity contribution in [1.82, 2.24) is 4.90 Å². The Morgan fingerprint density at radius 1 is 1.47 bits per heavy atom. The van der Waals surface area contributed by atoms with E-state index in [1.165, 1.54) is 12.1 Å². The van der Waals surface area contributed by atoms with Crippen LogP contribution >= 0.6 is 0 Å². The first-order valence-electron chi connectivity index (χ1n) is 5.41. The van der Waals surface area contributed by atoms with Crippen LogP contribution in [0.2, 0.25) is 0 Å². The lowest BCUT2D eigenvalue weighted by Gasteiger charge is -2.22. The Labute approximate surface area is 100 Å². The van der Waals surface area contributed by atoms with Crippen molar-refractivity contribution in [3.05, 3.63) is 35.6 Å². The van der Waals surface area contributed by atoms with Crippen molar-refractivity contribution in [1.29, 1.82) is 5.26 Å². The number of nitriles is 1. The lowest BCUT2D eigenvalue weighted by Crippen LogP contribution is -2.35. The molecule has 0 aliphatic rings. The van der Waals surface area contributed by atoms with E-state index >= 15 is 0 Å². The molecule has 0 aliphatic carbocycles. The maximum absolute atomic E-state index is 12.7. The molecule has 3 nitrogen and oxygen atoms in total. The second-order valence-electron chi connectivity index (χ2n) is 4.02. The van der Waals surface area contributed by atoms with E-state index < -0.39 is 0 Å². The summed E-state index contributed by atoms with van der Waals surface area (Å²) in [6.07, 6.45) is 0.540. The maximum Gasteiger partial charge on any atom is 0.227 e. The second kappa shape index (κ2) is 6.00. The molecule has 1 aromatic rings. The van der Waals surface area contributed by atoms with Crippen LogP contribution in [-0.2, 0) is 11.2 Å². The van der Waals surface area contributed by atoms with Gasteiger partial charge in [0.1, 0.15) is 5.82 Å². The highest BCUT2D eigenvalue weighted by Crippen LogP contribution is 2.07. The predicted octanol–water partition coefficient (Wildman–Crippen LogP) is 2.13. The molecule has 0 heterocycles. The molecule has 0 radical (unpaired) electrons. The Kier molecular flexibility index (Phi) is 4.65. The number of halogens is 1. The van der Waals surface area contributed by atoms with Crippen molar-refractivity contribution in [2.24, 2.45) is 0 Å². The lowest BCUT2D eigenvalue weighted by atomic mass is 10.1. The third kappa shape index (κ3) is 3.87. The van der Waals surface area contributed by atoms with Crippen molar-refractivity contribution < 1.29 is 9.18 Å². The summed E-state index contributed by atoms with van der Waals surface area (Å²) in [5.41, 5.74) is 0.771. The average molecular weight is 234 g/mol. The van der Waals surface area contributed by atoms with Gasteiger partial charge < -0.3 is 4.90 Å². The molecule has 17 heavy (non-hydrogen) atoms. The highest BCUT2D eigenvalue weighted by molar-refractivity contribution is 5.78. The number of rotatable bonds is 4. The van der Waals surface area contributed by atoms with Gasteiger partial charge in [0.2, 0.25) is 5.91 Å². The average Bonchev–Trinajstić information content (AvgIpc) is 2.31. The van der Waals surface area contributed by atoms with Crippen molar-refractivity contribution in [3.8, 4) is 6.07 Å². The minimum atomic E-state index is -0.313. The van der Waals surface area contributed by atoms with Gasteiger partial charge in [0.15, 0.2) is 0 Å². The number of benzene rings is 1. The van der Waals surface area contributed by atoms with E-state index in [2.05, 4.69) is 0 Å². The molecule has 0 aromatic heterocycles. The summed E-state index contributed by atoms with van der Waals surface area (Å²) < 4.78 is 12.7. The first-order chi connectivity index (χ1) is 8.04. The van der Waals surface area contributed by atoms with Crippen LogP contribution in [0, 0.1) is 17.1 Å². The standard InChI is InChI=1S/C13H15FN2O/c1-10(7-8-15)16(2)13(17)9-11-3-5-12(14)6-4-11/h3-6,10H,7,9H2,1-2H3. The lowest BCUT2D eigenvalue weighted by molar-refractivity contribution is -0.130. The summed E-state index contributed by atoms with van der Waals surface area (Å²) in [5.74, 6) is -0.383. The Morgan fingerprint density at radius 2 is 2.06 bits per heavy atom. The normalized spacial score (nSPS) is 11.6. The zero-order chi connectivity index (χ0) is 12.8. The Hall–Kier alpha value is -1.89. The number of hydrogen-bond acceptors (Lipinski definition) is 2. The van der Waals surface area contributed by atoms with Gasteiger partial charge in [-0.05, 0) is 24.6 Å². The molecule has 1 unspecified atom stereocenters. The molecule has 0 saturated carbocycles. The Morgan fingerprint density at radius 3 is 2.59 bits per heavy atom. The van der Waals surface area contributed by atoms with E-state index in [0.717, 1.165) is 5.56 Å².